The maximum absolute atomic E-state index is 12.5. The van der Waals surface area contributed by atoms with Crippen molar-refractivity contribution >= 4 is 11.7 Å². The van der Waals surface area contributed by atoms with Gasteiger partial charge in [0.05, 0.1) is 6.10 Å². The fourth-order valence-corrected chi connectivity index (χ4v) is 3.53. The molecule has 0 bridgehead atoms. The summed E-state index contributed by atoms with van der Waals surface area (Å²) in [5, 5.41) is 2.96. The summed E-state index contributed by atoms with van der Waals surface area (Å²) in [6.07, 6.45) is 2.70. The van der Waals surface area contributed by atoms with Gasteiger partial charge in [-0.25, -0.2) is 4.79 Å². The molecule has 0 spiro atoms. The average Bonchev–Trinajstić information content (AvgIpc) is 3.15. The Hall–Kier alpha value is -1.99. The highest BCUT2D eigenvalue weighted by Crippen LogP contribution is 2.32. The summed E-state index contributed by atoms with van der Waals surface area (Å²) in [4.78, 5) is 16.7. The summed E-state index contributed by atoms with van der Waals surface area (Å²) >= 11 is 0. The smallest absolute Gasteiger partial charge is 0.321 e. The van der Waals surface area contributed by atoms with Crippen LogP contribution >= 0.6 is 0 Å². The third kappa shape index (κ3) is 3.99. The van der Waals surface area contributed by atoms with Crippen LogP contribution in [0.3, 0.4) is 0 Å². The number of benzene rings is 1. The Morgan fingerprint density at radius 1 is 1.08 bits per heavy atom. The number of rotatable bonds is 3. The van der Waals surface area contributed by atoms with Crippen LogP contribution in [0, 0.1) is 0 Å². The second kappa shape index (κ2) is 7.49. The monoisotopic (exact) mass is 347 g/mol. The quantitative estimate of drug-likeness (QED) is 0.903. The van der Waals surface area contributed by atoms with E-state index in [1.807, 2.05) is 23.1 Å². The molecule has 25 heavy (non-hydrogen) atoms. The summed E-state index contributed by atoms with van der Waals surface area (Å²) in [5.41, 5.74) is 0.732. The minimum absolute atomic E-state index is 0.0616. The standard InChI is InChI=1S/C18H25N3O4/c22-18(19-14-3-4-16-17(12-14)25-11-10-24-16)21-7-5-20(6-8-21)13-15-2-1-9-23-15/h3-4,12,15H,1-2,5-11,13H2,(H,19,22). The van der Waals surface area contributed by atoms with Crippen molar-refractivity contribution in [2.24, 2.45) is 0 Å². The highest BCUT2D eigenvalue weighted by atomic mass is 16.6. The first-order chi connectivity index (χ1) is 12.3. The molecule has 0 radical (unpaired) electrons. The number of ether oxygens (including phenoxy) is 3. The van der Waals surface area contributed by atoms with Gasteiger partial charge in [0, 0.05) is 51.1 Å². The van der Waals surface area contributed by atoms with Gasteiger partial charge in [0.25, 0.3) is 0 Å². The van der Waals surface area contributed by atoms with E-state index in [1.54, 1.807) is 0 Å². The number of nitrogens with one attached hydrogen (secondary N) is 1. The van der Waals surface area contributed by atoms with Crippen LogP contribution in [0.4, 0.5) is 10.5 Å². The normalized spacial score (nSPS) is 23.5. The maximum Gasteiger partial charge on any atom is 0.321 e. The number of piperazine rings is 1. The van der Waals surface area contributed by atoms with Gasteiger partial charge in [0.15, 0.2) is 11.5 Å². The van der Waals surface area contributed by atoms with E-state index in [0.29, 0.717) is 25.1 Å². The molecule has 1 unspecified atom stereocenters. The molecular formula is C18H25N3O4. The van der Waals surface area contributed by atoms with E-state index in [0.717, 1.165) is 57.2 Å². The molecule has 1 aromatic rings. The van der Waals surface area contributed by atoms with Crippen molar-refractivity contribution in [3.63, 3.8) is 0 Å². The Morgan fingerprint density at radius 2 is 1.88 bits per heavy atom. The van der Waals surface area contributed by atoms with Crippen molar-refractivity contribution in [1.29, 1.82) is 0 Å². The molecule has 1 aromatic carbocycles. The van der Waals surface area contributed by atoms with Gasteiger partial charge in [-0.15, -0.1) is 0 Å². The van der Waals surface area contributed by atoms with Crippen LogP contribution in [-0.4, -0.2) is 74.5 Å². The van der Waals surface area contributed by atoms with Crippen LogP contribution in [0.1, 0.15) is 12.8 Å². The minimum atomic E-state index is -0.0616. The van der Waals surface area contributed by atoms with Crippen molar-refractivity contribution in [1.82, 2.24) is 9.80 Å². The van der Waals surface area contributed by atoms with Gasteiger partial charge < -0.3 is 24.4 Å². The molecular weight excluding hydrogens is 322 g/mol. The van der Waals surface area contributed by atoms with Crippen molar-refractivity contribution in [2.75, 3.05) is 57.9 Å². The first-order valence-corrected chi connectivity index (χ1v) is 9.07. The zero-order chi connectivity index (χ0) is 17.1. The number of amides is 2. The molecule has 2 saturated heterocycles. The van der Waals surface area contributed by atoms with E-state index < -0.39 is 0 Å². The third-order valence-electron chi connectivity index (χ3n) is 4.94. The number of anilines is 1. The van der Waals surface area contributed by atoms with Gasteiger partial charge >= 0.3 is 6.03 Å². The van der Waals surface area contributed by atoms with Gasteiger partial charge in [-0.05, 0) is 25.0 Å². The van der Waals surface area contributed by atoms with Crippen molar-refractivity contribution in [3.05, 3.63) is 18.2 Å². The Labute approximate surface area is 147 Å². The highest BCUT2D eigenvalue weighted by Gasteiger charge is 2.25. The summed E-state index contributed by atoms with van der Waals surface area (Å²) in [7, 11) is 0. The van der Waals surface area contributed by atoms with Crippen LogP contribution in [0.15, 0.2) is 18.2 Å². The van der Waals surface area contributed by atoms with Gasteiger partial charge in [0.1, 0.15) is 13.2 Å². The number of urea groups is 1. The molecule has 3 heterocycles. The van der Waals surface area contributed by atoms with Gasteiger partial charge in [-0.3, -0.25) is 4.90 Å². The number of carbonyl (C=O) groups excluding carboxylic acids is 1. The topological polar surface area (TPSA) is 63.3 Å². The van der Waals surface area contributed by atoms with E-state index in [4.69, 9.17) is 14.2 Å². The largest absolute Gasteiger partial charge is 0.486 e. The zero-order valence-electron chi connectivity index (χ0n) is 14.4. The highest BCUT2D eigenvalue weighted by molar-refractivity contribution is 5.89. The number of fused-ring (bicyclic) bond motifs is 1. The first-order valence-electron chi connectivity index (χ1n) is 9.07. The molecule has 136 valence electrons. The predicted octanol–water partition coefficient (Wildman–Crippen LogP) is 1.79. The molecule has 0 aromatic heterocycles. The van der Waals surface area contributed by atoms with Crippen molar-refractivity contribution < 1.29 is 19.0 Å². The zero-order valence-corrected chi connectivity index (χ0v) is 14.4. The van der Waals surface area contributed by atoms with Crippen LogP contribution in [0.2, 0.25) is 0 Å². The minimum Gasteiger partial charge on any atom is -0.486 e. The fourth-order valence-electron chi connectivity index (χ4n) is 3.53. The Kier molecular flexibility index (Phi) is 4.94. The van der Waals surface area contributed by atoms with Crippen LogP contribution in [0.5, 0.6) is 11.5 Å². The summed E-state index contributed by atoms with van der Waals surface area (Å²) < 4.78 is 16.8. The maximum atomic E-state index is 12.5. The molecule has 1 N–H and O–H groups in total. The first kappa shape index (κ1) is 16.5. The Bertz CT molecular complexity index is 610. The summed E-state index contributed by atoms with van der Waals surface area (Å²) in [6.45, 7) is 6.25. The summed E-state index contributed by atoms with van der Waals surface area (Å²) in [5.74, 6) is 1.41. The number of hydrogen-bond donors (Lipinski definition) is 1. The van der Waals surface area contributed by atoms with Crippen molar-refractivity contribution in [3.8, 4) is 11.5 Å². The lowest BCUT2D eigenvalue weighted by Crippen LogP contribution is -2.51. The second-order valence-corrected chi connectivity index (χ2v) is 6.71. The lowest BCUT2D eigenvalue weighted by atomic mass is 10.2. The number of nitrogens with zero attached hydrogens (tertiary/aromatic N) is 2. The van der Waals surface area contributed by atoms with E-state index in [2.05, 4.69) is 10.2 Å². The predicted molar refractivity (Wildman–Crippen MR) is 93.4 cm³/mol. The van der Waals surface area contributed by atoms with Crippen molar-refractivity contribution in [2.45, 2.75) is 18.9 Å². The lowest BCUT2D eigenvalue weighted by Gasteiger charge is -2.35. The molecule has 1 atom stereocenters. The fraction of sp³-hybridized carbons (Fsp3) is 0.611. The van der Waals surface area contributed by atoms with Crippen LogP contribution < -0.4 is 14.8 Å². The molecule has 3 aliphatic rings. The molecule has 0 saturated carbocycles. The average molecular weight is 347 g/mol. The molecule has 2 amide bonds. The molecule has 7 heteroatoms. The van der Waals surface area contributed by atoms with E-state index in [-0.39, 0.29) is 6.03 Å². The number of hydrogen-bond acceptors (Lipinski definition) is 5. The Balaban J connectivity index is 1.27. The third-order valence-corrected chi connectivity index (χ3v) is 4.94. The molecule has 0 aliphatic carbocycles. The van der Waals surface area contributed by atoms with E-state index in [1.165, 1.54) is 6.42 Å². The Morgan fingerprint density at radius 3 is 2.64 bits per heavy atom. The van der Waals surface area contributed by atoms with E-state index in [9.17, 15) is 4.79 Å². The van der Waals surface area contributed by atoms with Gasteiger partial charge in [0.2, 0.25) is 0 Å². The summed E-state index contributed by atoms with van der Waals surface area (Å²) in [6, 6.07) is 5.44. The molecule has 4 rings (SSSR count). The number of carbonyl (C=O) groups is 1. The second-order valence-electron chi connectivity index (χ2n) is 6.71. The SMILES string of the molecule is O=C(Nc1ccc2c(c1)OCCO2)N1CCN(CC2CCCO2)CC1. The molecule has 3 aliphatic heterocycles. The van der Waals surface area contributed by atoms with Crippen LogP contribution in [-0.2, 0) is 4.74 Å². The van der Waals surface area contributed by atoms with Crippen LogP contribution in [0.25, 0.3) is 0 Å². The molecule has 2 fully saturated rings. The molecule has 7 nitrogen and oxygen atoms in total. The van der Waals surface area contributed by atoms with E-state index >= 15 is 0 Å². The lowest BCUT2D eigenvalue weighted by molar-refractivity contribution is 0.0572. The van der Waals surface area contributed by atoms with Gasteiger partial charge in [-0.2, -0.15) is 0 Å². The van der Waals surface area contributed by atoms with Gasteiger partial charge in [-0.1, -0.05) is 0 Å².